The van der Waals surface area contributed by atoms with Gasteiger partial charge in [-0.25, -0.2) is 4.98 Å². The Kier molecular flexibility index (Phi) is 5.78. The number of rotatable bonds is 7. The van der Waals surface area contributed by atoms with Gasteiger partial charge in [0.25, 0.3) is 0 Å². The molecule has 0 fully saturated rings. The van der Waals surface area contributed by atoms with Crippen molar-refractivity contribution in [1.82, 2.24) is 4.98 Å². The monoisotopic (exact) mass is 387 g/mol. The summed E-state index contributed by atoms with van der Waals surface area (Å²) in [6.07, 6.45) is 1.52. The zero-order valence-electron chi connectivity index (χ0n) is 15.5. The van der Waals surface area contributed by atoms with Gasteiger partial charge in [0.2, 0.25) is 0 Å². The Morgan fingerprint density at radius 3 is 2.11 bits per heavy atom. The molecule has 0 saturated carbocycles. The summed E-state index contributed by atoms with van der Waals surface area (Å²) in [7, 11) is 0. The van der Waals surface area contributed by atoms with Gasteiger partial charge in [-0.1, -0.05) is 72.8 Å². The molecule has 28 heavy (non-hydrogen) atoms. The van der Waals surface area contributed by atoms with Crippen molar-refractivity contribution >= 4 is 27.5 Å². The predicted molar refractivity (Wildman–Crippen MR) is 113 cm³/mol. The van der Waals surface area contributed by atoms with Crippen molar-refractivity contribution in [2.75, 3.05) is 0 Å². The van der Waals surface area contributed by atoms with Gasteiger partial charge in [-0.2, -0.15) is 0 Å². The molecule has 0 atom stereocenters. The zero-order valence-corrected chi connectivity index (χ0v) is 16.3. The topological polar surface area (TPSA) is 39.2 Å². The van der Waals surface area contributed by atoms with E-state index in [0.717, 1.165) is 34.5 Å². The van der Waals surface area contributed by atoms with Gasteiger partial charge in [0.15, 0.2) is 6.10 Å². The number of thiazole rings is 1. The molecule has 4 aromatic rings. The molecular formula is C24H21NO2S. The van der Waals surface area contributed by atoms with Crippen molar-refractivity contribution < 1.29 is 9.53 Å². The molecule has 1 aromatic heterocycles. The van der Waals surface area contributed by atoms with Crippen LogP contribution in [0.3, 0.4) is 0 Å². The lowest BCUT2D eigenvalue weighted by atomic mass is 10.0. The van der Waals surface area contributed by atoms with E-state index in [-0.39, 0.29) is 12.1 Å². The second-order valence-corrected chi connectivity index (χ2v) is 7.74. The molecule has 0 aliphatic rings. The van der Waals surface area contributed by atoms with E-state index in [1.807, 2.05) is 78.9 Å². The second kappa shape index (κ2) is 8.81. The Bertz CT molecular complexity index is 971. The van der Waals surface area contributed by atoms with Gasteiger partial charge in [0.05, 0.1) is 15.2 Å². The molecule has 1 heterocycles. The van der Waals surface area contributed by atoms with E-state index < -0.39 is 0 Å². The molecule has 140 valence electrons. The Morgan fingerprint density at radius 2 is 1.46 bits per heavy atom. The van der Waals surface area contributed by atoms with Gasteiger partial charge in [0.1, 0.15) is 0 Å². The van der Waals surface area contributed by atoms with Gasteiger partial charge in [-0.15, -0.1) is 11.3 Å². The summed E-state index contributed by atoms with van der Waals surface area (Å²) >= 11 is 1.69. The summed E-state index contributed by atoms with van der Waals surface area (Å²) in [5.41, 5.74) is 2.99. The Morgan fingerprint density at radius 1 is 0.857 bits per heavy atom. The number of aryl methyl sites for hydroxylation is 1. The van der Waals surface area contributed by atoms with Crippen LogP contribution in [0.15, 0.2) is 84.9 Å². The van der Waals surface area contributed by atoms with Gasteiger partial charge in [0, 0.05) is 6.42 Å². The number of aromatic nitrogens is 1. The first-order chi connectivity index (χ1) is 13.8. The highest BCUT2D eigenvalue weighted by Gasteiger charge is 2.18. The van der Waals surface area contributed by atoms with Gasteiger partial charge in [-0.3, -0.25) is 4.79 Å². The Labute approximate surface area is 168 Å². The van der Waals surface area contributed by atoms with Crippen molar-refractivity contribution in [3.8, 4) is 0 Å². The number of fused-ring (bicyclic) bond motifs is 1. The van der Waals surface area contributed by atoms with Crippen molar-refractivity contribution in [3.05, 3.63) is 101 Å². The second-order valence-electron chi connectivity index (χ2n) is 6.62. The largest absolute Gasteiger partial charge is 0.453 e. The van der Waals surface area contributed by atoms with E-state index >= 15 is 0 Å². The minimum atomic E-state index is -0.377. The molecule has 4 rings (SSSR count). The first-order valence-corrected chi connectivity index (χ1v) is 10.2. The number of esters is 1. The first-order valence-electron chi connectivity index (χ1n) is 9.43. The molecular weight excluding hydrogens is 366 g/mol. The first kappa shape index (κ1) is 18.4. The fourth-order valence-electron chi connectivity index (χ4n) is 3.19. The fraction of sp³-hybridized carbons (Fsp3) is 0.167. The highest BCUT2D eigenvalue weighted by Crippen LogP contribution is 2.27. The molecule has 0 amide bonds. The van der Waals surface area contributed by atoms with Crippen LogP contribution in [0.1, 0.15) is 35.1 Å². The van der Waals surface area contributed by atoms with Crippen LogP contribution < -0.4 is 0 Å². The molecule has 0 spiro atoms. The smallest absolute Gasteiger partial charge is 0.306 e. The van der Waals surface area contributed by atoms with E-state index in [9.17, 15) is 4.79 Å². The summed E-state index contributed by atoms with van der Waals surface area (Å²) in [6, 6.07) is 27.9. The standard InChI is InChI=1S/C24H21NO2S/c26-23(17-9-16-22-25-20-14-7-8-15-21(20)28-22)27-24(18-10-3-1-4-11-18)19-12-5-2-6-13-19/h1-8,10-15,24H,9,16-17H2. The van der Waals surface area contributed by atoms with Crippen LogP contribution in [0.2, 0.25) is 0 Å². The average Bonchev–Trinajstić information content (AvgIpc) is 3.16. The van der Waals surface area contributed by atoms with E-state index in [1.54, 1.807) is 11.3 Å². The third kappa shape index (κ3) is 4.46. The van der Waals surface area contributed by atoms with E-state index in [4.69, 9.17) is 4.74 Å². The van der Waals surface area contributed by atoms with Crippen LogP contribution in [0.25, 0.3) is 10.2 Å². The summed E-state index contributed by atoms with van der Waals surface area (Å²) in [6.45, 7) is 0. The molecule has 0 saturated heterocycles. The van der Waals surface area contributed by atoms with Crippen LogP contribution in [0, 0.1) is 0 Å². The van der Waals surface area contributed by atoms with Crippen LogP contribution in [-0.2, 0) is 16.0 Å². The zero-order chi connectivity index (χ0) is 19.2. The molecule has 4 heteroatoms. The van der Waals surface area contributed by atoms with Crippen LogP contribution >= 0.6 is 11.3 Å². The van der Waals surface area contributed by atoms with Gasteiger partial charge >= 0.3 is 5.97 Å². The predicted octanol–water partition coefficient (Wildman–Crippen LogP) is 5.95. The lowest BCUT2D eigenvalue weighted by Gasteiger charge is -2.19. The Hall–Kier alpha value is -2.98. The molecule has 0 radical (unpaired) electrons. The Balaban J connectivity index is 1.39. The molecule has 0 unspecified atom stereocenters. The van der Waals surface area contributed by atoms with Crippen molar-refractivity contribution in [3.63, 3.8) is 0 Å². The maximum atomic E-state index is 12.5. The number of para-hydroxylation sites is 1. The molecule has 3 aromatic carbocycles. The number of hydrogen-bond donors (Lipinski definition) is 0. The normalized spacial score (nSPS) is 11.0. The van der Waals surface area contributed by atoms with Crippen LogP contribution in [0.4, 0.5) is 0 Å². The van der Waals surface area contributed by atoms with Crippen molar-refractivity contribution in [1.29, 1.82) is 0 Å². The lowest BCUT2D eigenvalue weighted by Crippen LogP contribution is -2.12. The fourth-order valence-corrected chi connectivity index (χ4v) is 4.19. The molecule has 0 N–H and O–H groups in total. The summed E-state index contributed by atoms with van der Waals surface area (Å²) < 4.78 is 7.05. The maximum absolute atomic E-state index is 12.5. The number of carbonyl (C=O) groups excluding carboxylic acids is 1. The number of benzene rings is 3. The molecule has 0 bridgehead atoms. The highest BCUT2D eigenvalue weighted by molar-refractivity contribution is 7.18. The van der Waals surface area contributed by atoms with E-state index in [0.29, 0.717) is 6.42 Å². The number of hydrogen-bond acceptors (Lipinski definition) is 4. The van der Waals surface area contributed by atoms with Gasteiger partial charge in [-0.05, 0) is 36.1 Å². The average molecular weight is 388 g/mol. The lowest BCUT2D eigenvalue weighted by molar-refractivity contribution is -0.147. The quantitative estimate of drug-likeness (QED) is 0.368. The van der Waals surface area contributed by atoms with E-state index in [2.05, 4.69) is 11.1 Å². The van der Waals surface area contributed by atoms with Crippen molar-refractivity contribution in [2.45, 2.75) is 25.4 Å². The van der Waals surface area contributed by atoms with E-state index in [1.165, 1.54) is 4.70 Å². The SMILES string of the molecule is O=C(CCCc1nc2ccccc2s1)OC(c1ccccc1)c1ccccc1. The third-order valence-electron chi connectivity index (χ3n) is 4.56. The number of nitrogens with zero attached hydrogens (tertiary/aromatic N) is 1. The minimum absolute atomic E-state index is 0.182. The summed E-state index contributed by atoms with van der Waals surface area (Å²) in [5, 5.41) is 1.07. The van der Waals surface area contributed by atoms with Crippen LogP contribution in [-0.4, -0.2) is 11.0 Å². The minimum Gasteiger partial charge on any atom is -0.453 e. The molecule has 0 aliphatic carbocycles. The number of carbonyl (C=O) groups is 1. The summed E-state index contributed by atoms with van der Waals surface area (Å²) in [5.74, 6) is -0.182. The van der Waals surface area contributed by atoms with Gasteiger partial charge < -0.3 is 4.74 Å². The third-order valence-corrected chi connectivity index (χ3v) is 5.66. The highest BCUT2D eigenvalue weighted by atomic mass is 32.1. The van der Waals surface area contributed by atoms with Crippen LogP contribution in [0.5, 0.6) is 0 Å². The maximum Gasteiger partial charge on any atom is 0.306 e. The molecule has 3 nitrogen and oxygen atoms in total. The molecule has 0 aliphatic heterocycles. The summed E-state index contributed by atoms with van der Waals surface area (Å²) in [4.78, 5) is 17.2. The number of ether oxygens (including phenoxy) is 1. The van der Waals surface area contributed by atoms with Crippen molar-refractivity contribution in [2.24, 2.45) is 0 Å².